The molecule has 1 saturated heterocycles. The molecule has 1 aliphatic rings. The number of hydrogen-bond acceptors (Lipinski definition) is 7. The Morgan fingerprint density at radius 2 is 1.90 bits per heavy atom. The first-order chi connectivity index (χ1) is 14.6. The first kappa shape index (κ1) is 21.6. The molecule has 0 unspecified atom stereocenters. The van der Waals surface area contributed by atoms with Crippen LogP contribution < -0.4 is 15.5 Å². The number of carbonyl (C=O) groups is 1. The van der Waals surface area contributed by atoms with Gasteiger partial charge in [0.2, 0.25) is 5.91 Å². The molecule has 8 heteroatoms. The summed E-state index contributed by atoms with van der Waals surface area (Å²) in [5.41, 5.74) is 3.88. The topological polar surface area (TPSA) is 105 Å². The van der Waals surface area contributed by atoms with Gasteiger partial charge in [-0.1, -0.05) is 31.2 Å². The standard InChI is InChI=1S/C22H24N6OS/c1-3-17-18(10-23)21(28-9-8-26-20(29)13-28)27-22(19(17)11-24)30-14-16-6-4-15(5-7-16)12-25-2/h4-7,25H,3,8-9,12-14H2,1-2H3,(H,26,29). The highest BCUT2D eigenvalue weighted by atomic mass is 32.2. The highest BCUT2D eigenvalue weighted by molar-refractivity contribution is 7.98. The largest absolute Gasteiger partial charge is 0.353 e. The quantitative estimate of drug-likeness (QED) is 0.662. The SMILES string of the molecule is CCc1c(C#N)c(SCc2ccc(CNC)cc2)nc(N2CCNC(=O)C2)c1C#N. The van der Waals surface area contributed by atoms with E-state index in [4.69, 9.17) is 4.98 Å². The van der Waals surface area contributed by atoms with E-state index in [-0.39, 0.29) is 12.5 Å². The van der Waals surface area contributed by atoms with E-state index in [9.17, 15) is 15.3 Å². The van der Waals surface area contributed by atoms with E-state index in [0.29, 0.717) is 52.8 Å². The Bertz CT molecular complexity index is 1010. The smallest absolute Gasteiger partial charge is 0.239 e. The third-order valence-electron chi connectivity index (χ3n) is 4.94. The van der Waals surface area contributed by atoms with Crippen LogP contribution in [0.5, 0.6) is 0 Å². The second kappa shape index (κ2) is 10.1. The Morgan fingerprint density at radius 1 is 1.20 bits per heavy atom. The zero-order chi connectivity index (χ0) is 21.5. The number of pyridine rings is 1. The van der Waals surface area contributed by atoms with E-state index in [0.717, 1.165) is 12.1 Å². The van der Waals surface area contributed by atoms with Crippen molar-refractivity contribution in [2.75, 3.05) is 31.6 Å². The number of anilines is 1. The number of benzene rings is 1. The van der Waals surface area contributed by atoms with Crippen LogP contribution in [-0.4, -0.2) is 37.6 Å². The summed E-state index contributed by atoms with van der Waals surface area (Å²) in [6, 6.07) is 12.8. The van der Waals surface area contributed by atoms with Crippen molar-refractivity contribution < 1.29 is 4.79 Å². The van der Waals surface area contributed by atoms with Crippen molar-refractivity contribution in [1.82, 2.24) is 15.6 Å². The molecule has 0 aliphatic carbocycles. The van der Waals surface area contributed by atoms with Crippen LogP contribution in [0, 0.1) is 22.7 Å². The monoisotopic (exact) mass is 420 g/mol. The summed E-state index contributed by atoms with van der Waals surface area (Å²) in [6.07, 6.45) is 0.549. The number of carbonyl (C=O) groups excluding carboxylic acids is 1. The number of thioether (sulfide) groups is 1. The Kier molecular flexibility index (Phi) is 7.29. The summed E-state index contributed by atoms with van der Waals surface area (Å²) in [4.78, 5) is 18.4. The second-order valence-corrected chi connectivity index (χ2v) is 7.92. The molecule has 2 aromatic rings. The van der Waals surface area contributed by atoms with Crippen molar-refractivity contribution in [2.45, 2.75) is 30.7 Å². The summed E-state index contributed by atoms with van der Waals surface area (Å²) in [6.45, 7) is 4.00. The number of amides is 1. The van der Waals surface area contributed by atoms with E-state index in [2.05, 4.69) is 47.0 Å². The molecule has 0 spiro atoms. The van der Waals surface area contributed by atoms with Gasteiger partial charge in [0.15, 0.2) is 0 Å². The van der Waals surface area contributed by atoms with E-state index >= 15 is 0 Å². The fourth-order valence-electron chi connectivity index (χ4n) is 3.45. The van der Waals surface area contributed by atoms with Gasteiger partial charge in [-0.05, 0) is 30.2 Å². The molecule has 2 heterocycles. The third-order valence-corrected chi connectivity index (χ3v) is 5.99. The summed E-state index contributed by atoms with van der Waals surface area (Å²) in [5.74, 6) is 1.07. The maximum atomic E-state index is 11.9. The van der Waals surface area contributed by atoms with Crippen LogP contribution in [-0.2, 0) is 23.5 Å². The molecular weight excluding hydrogens is 396 g/mol. The minimum Gasteiger partial charge on any atom is -0.353 e. The van der Waals surface area contributed by atoms with Gasteiger partial charge in [0.05, 0.1) is 17.7 Å². The van der Waals surface area contributed by atoms with E-state index in [1.54, 1.807) is 0 Å². The number of hydrogen-bond donors (Lipinski definition) is 2. The molecule has 0 radical (unpaired) electrons. The predicted molar refractivity (Wildman–Crippen MR) is 117 cm³/mol. The Hall–Kier alpha value is -3.07. The zero-order valence-corrected chi connectivity index (χ0v) is 18.0. The van der Waals surface area contributed by atoms with Crippen molar-refractivity contribution in [2.24, 2.45) is 0 Å². The molecule has 2 N–H and O–H groups in total. The van der Waals surface area contributed by atoms with Crippen LogP contribution >= 0.6 is 11.8 Å². The number of rotatable bonds is 7. The normalized spacial score (nSPS) is 13.5. The van der Waals surface area contributed by atoms with Crippen LogP contribution in [0.1, 0.15) is 34.7 Å². The Labute approximate surface area is 181 Å². The number of nitrogens with one attached hydrogen (secondary N) is 2. The van der Waals surface area contributed by atoms with E-state index in [1.807, 2.05) is 18.9 Å². The van der Waals surface area contributed by atoms with Crippen LogP contribution in [0.25, 0.3) is 0 Å². The number of aromatic nitrogens is 1. The fourth-order valence-corrected chi connectivity index (χ4v) is 4.41. The van der Waals surface area contributed by atoms with Crippen LogP contribution in [0.15, 0.2) is 29.3 Å². The lowest BCUT2D eigenvalue weighted by atomic mass is 10.0. The second-order valence-electron chi connectivity index (χ2n) is 6.95. The molecule has 1 aromatic heterocycles. The lowest BCUT2D eigenvalue weighted by Crippen LogP contribution is -2.48. The molecule has 30 heavy (non-hydrogen) atoms. The van der Waals surface area contributed by atoms with Gasteiger partial charge in [0.25, 0.3) is 0 Å². The van der Waals surface area contributed by atoms with Gasteiger partial charge in [-0.25, -0.2) is 4.98 Å². The van der Waals surface area contributed by atoms with Crippen LogP contribution in [0.4, 0.5) is 5.82 Å². The molecular formula is C22H24N6OS. The molecule has 154 valence electrons. The maximum Gasteiger partial charge on any atom is 0.239 e. The van der Waals surface area contributed by atoms with Crippen molar-refractivity contribution in [3.8, 4) is 12.1 Å². The van der Waals surface area contributed by atoms with Gasteiger partial charge in [0, 0.05) is 25.4 Å². The molecule has 0 saturated carbocycles. The van der Waals surface area contributed by atoms with Crippen LogP contribution in [0.2, 0.25) is 0 Å². The molecule has 7 nitrogen and oxygen atoms in total. The summed E-state index contributed by atoms with van der Waals surface area (Å²) in [7, 11) is 1.92. The molecule has 1 fully saturated rings. The average molecular weight is 421 g/mol. The summed E-state index contributed by atoms with van der Waals surface area (Å²) >= 11 is 1.49. The molecule has 1 aromatic carbocycles. The first-order valence-corrected chi connectivity index (χ1v) is 10.8. The van der Waals surface area contributed by atoms with Gasteiger partial charge in [0.1, 0.15) is 23.0 Å². The molecule has 3 rings (SSSR count). The van der Waals surface area contributed by atoms with Gasteiger partial charge in [-0.15, -0.1) is 11.8 Å². The number of nitrogens with zero attached hydrogens (tertiary/aromatic N) is 4. The molecule has 1 amide bonds. The van der Waals surface area contributed by atoms with Gasteiger partial charge in [-0.3, -0.25) is 4.79 Å². The highest BCUT2D eigenvalue weighted by Gasteiger charge is 2.25. The lowest BCUT2D eigenvalue weighted by molar-refractivity contribution is -0.120. The summed E-state index contributed by atoms with van der Waals surface area (Å²) in [5, 5.41) is 26.1. The average Bonchev–Trinajstić information content (AvgIpc) is 2.77. The molecule has 0 atom stereocenters. The minimum atomic E-state index is -0.0924. The van der Waals surface area contributed by atoms with Crippen molar-refractivity contribution in [3.63, 3.8) is 0 Å². The van der Waals surface area contributed by atoms with Gasteiger partial charge >= 0.3 is 0 Å². The predicted octanol–water partition coefficient (Wildman–Crippen LogP) is 2.34. The van der Waals surface area contributed by atoms with Crippen molar-refractivity contribution in [3.05, 3.63) is 52.1 Å². The lowest BCUT2D eigenvalue weighted by Gasteiger charge is -2.29. The van der Waals surface area contributed by atoms with Crippen molar-refractivity contribution in [1.29, 1.82) is 10.5 Å². The van der Waals surface area contributed by atoms with Crippen LogP contribution in [0.3, 0.4) is 0 Å². The molecule has 1 aliphatic heterocycles. The fraction of sp³-hybridized carbons (Fsp3) is 0.364. The van der Waals surface area contributed by atoms with Crippen molar-refractivity contribution >= 4 is 23.5 Å². The summed E-state index contributed by atoms with van der Waals surface area (Å²) < 4.78 is 0. The van der Waals surface area contributed by atoms with E-state index in [1.165, 1.54) is 17.3 Å². The van der Waals surface area contributed by atoms with Gasteiger partial charge < -0.3 is 15.5 Å². The zero-order valence-electron chi connectivity index (χ0n) is 17.2. The van der Waals surface area contributed by atoms with Gasteiger partial charge in [-0.2, -0.15) is 10.5 Å². The first-order valence-electron chi connectivity index (χ1n) is 9.85. The minimum absolute atomic E-state index is 0.0924. The van der Waals surface area contributed by atoms with E-state index < -0.39 is 0 Å². The number of piperazine rings is 1. The maximum absolute atomic E-state index is 11.9. The number of nitriles is 2. The third kappa shape index (κ3) is 4.73. The Morgan fingerprint density at radius 3 is 2.50 bits per heavy atom. The molecule has 0 bridgehead atoms. The highest BCUT2D eigenvalue weighted by Crippen LogP contribution is 2.33. The Balaban J connectivity index is 1.94.